The lowest BCUT2D eigenvalue weighted by Gasteiger charge is -2.22. The maximum Gasteiger partial charge on any atom is 0.142 e. The van der Waals surface area contributed by atoms with Gasteiger partial charge in [-0.05, 0) is 24.0 Å². The molecule has 0 saturated carbocycles. The summed E-state index contributed by atoms with van der Waals surface area (Å²) in [5.74, 6) is 1.04. The molecule has 0 amide bonds. The van der Waals surface area contributed by atoms with Gasteiger partial charge in [-0.1, -0.05) is 26.0 Å². The molecule has 1 N–H and O–H groups in total. The van der Waals surface area contributed by atoms with E-state index in [1.165, 1.54) is 0 Å². The second kappa shape index (κ2) is 4.48. The second-order valence-electron chi connectivity index (χ2n) is 5.35. The number of carbonyl (C=O) groups is 1. The standard InChI is InChI=1S/C15H19NO2/c1-10(17)8-15(2,3)12-9-16-14-11(12)6-5-7-13(14)18-4/h5-7,9,16H,8H2,1-4H3. The van der Waals surface area contributed by atoms with Crippen LogP contribution in [0.5, 0.6) is 5.75 Å². The Morgan fingerprint density at radius 1 is 1.39 bits per heavy atom. The number of fused-ring (bicyclic) bond motifs is 1. The summed E-state index contributed by atoms with van der Waals surface area (Å²) in [5.41, 5.74) is 1.98. The van der Waals surface area contributed by atoms with Gasteiger partial charge in [-0.3, -0.25) is 4.79 Å². The number of carbonyl (C=O) groups excluding carboxylic acids is 1. The highest BCUT2D eigenvalue weighted by molar-refractivity contribution is 5.90. The molecule has 18 heavy (non-hydrogen) atoms. The van der Waals surface area contributed by atoms with E-state index in [2.05, 4.69) is 24.9 Å². The van der Waals surface area contributed by atoms with Crippen LogP contribution < -0.4 is 4.74 Å². The molecule has 0 saturated heterocycles. The Morgan fingerprint density at radius 2 is 2.11 bits per heavy atom. The third-order valence-corrected chi connectivity index (χ3v) is 3.32. The van der Waals surface area contributed by atoms with E-state index < -0.39 is 0 Å². The predicted octanol–water partition coefficient (Wildman–Crippen LogP) is 3.43. The maximum absolute atomic E-state index is 11.4. The first kappa shape index (κ1) is 12.7. The van der Waals surface area contributed by atoms with Crippen molar-refractivity contribution in [1.82, 2.24) is 4.98 Å². The summed E-state index contributed by atoms with van der Waals surface area (Å²) in [5, 5.41) is 1.13. The van der Waals surface area contributed by atoms with Crippen LogP contribution in [0.4, 0.5) is 0 Å². The minimum atomic E-state index is -0.170. The highest BCUT2D eigenvalue weighted by Gasteiger charge is 2.26. The summed E-state index contributed by atoms with van der Waals surface area (Å²) in [4.78, 5) is 14.6. The van der Waals surface area contributed by atoms with Gasteiger partial charge in [0.2, 0.25) is 0 Å². The first-order valence-corrected chi connectivity index (χ1v) is 6.09. The van der Waals surface area contributed by atoms with Crippen molar-refractivity contribution in [1.29, 1.82) is 0 Å². The molecular weight excluding hydrogens is 226 g/mol. The third kappa shape index (κ3) is 2.13. The number of ketones is 1. The zero-order chi connectivity index (χ0) is 13.3. The van der Waals surface area contributed by atoms with Crippen molar-refractivity contribution in [3.63, 3.8) is 0 Å². The Labute approximate surface area is 107 Å². The summed E-state index contributed by atoms with van der Waals surface area (Å²) in [6.07, 6.45) is 2.52. The highest BCUT2D eigenvalue weighted by Crippen LogP contribution is 2.36. The van der Waals surface area contributed by atoms with Gasteiger partial charge in [0.25, 0.3) is 0 Å². The normalized spacial score (nSPS) is 11.8. The molecule has 0 aliphatic heterocycles. The number of nitrogens with one attached hydrogen (secondary N) is 1. The zero-order valence-corrected chi connectivity index (χ0v) is 11.3. The zero-order valence-electron chi connectivity index (χ0n) is 11.3. The molecule has 1 heterocycles. The van der Waals surface area contributed by atoms with Crippen LogP contribution in [0.15, 0.2) is 24.4 Å². The monoisotopic (exact) mass is 245 g/mol. The lowest BCUT2D eigenvalue weighted by atomic mass is 9.80. The Hall–Kier alpha value is -1.77. The molecule has 0 radical (unpaired) electrons. The van der Waals surface area contributed by atoms with E-state index >= 15 is 0 Å². The number of benzene rings is 1. The molecule has 96 valence electrons. The Kier molecular flexibility index (Phi) is 3.16. The first-order chi connectivity index (χ1) is 8.45. The summed E-state index contributed by atoms with van der Waals surface area (Å²) >= 11 is 0. The molecule has 2 aromatic rings. The van der Waals surface area contributed by atoms with Gasteiger partial charge in [-0.15, -0.1) is 0 Å². The average molecular weight is 245 g/mol. The van der Waals surface area contributed by atoms with Crippen LogP contribution in [-0.4, -0.2) is 17.9 Å². The number of ether oxygens (including phenoxy) is 1. The largest absolute Gasteiger partial charge is 0.495 e. The van der Waals surface area contributed by atoms with Crippen LogP contribution in [0, 0.1) is 0 Å². The van der Waals surface area contributed by atoms with Crippen molar-refractivity contribution in [3.05, 3.63) is 30.0 Å². The fourth-order valence-electron chi connectivity index (χ4n) is 2.57. The van der Waals surface area contributed by atoms with Gasteiger partial charge in [0.1, 0.15) is 11.5 Å². The average Bonchev–Trinajstić information content (AvgIpc) is 2.71. The van der Waals surface area contributed by atoms with Crippen molar-refractivity contribution in [3.8, 4) is 5.75 Å². The van der Waals surface area contributed by atoms with E-state index in [0.717, 1.165) is 22.2 Å². The van der Waals surface area contributed by atoms with Crippen molar-refractivity contribution in [2.24, 2.45) is 0 Å². The number of methoxy groups -OCH3 is 1. The number of hydrogen-bond acceptors (Lipinski definition) is 2. The van der Waals surface area contributed by atoms with Crippen LogP contribution in [0.3, 0.4) is 0 Å². The molecule has 0 bridgehead atoms. The van der Waals surface area contributed by atoms with Crippen molar-refractivity contribution >= 4 is 16.7 Å². The van der Waals surface area contributed by atoms with Crippen LogP contribution in [0.25, 0.3) is 10.9 Å². The van der Waals surface area contributed by atoms with Crippen LogP contribution in [0.2, 0.25) is 0 Å². The molecule has 0 unspecified atom stereocenters. The van der Waals surface area contributed by atoms with Crippen molar-refractivity contribution < 1.29 is 9.53 Å². The minimum Gasteiger partial charge on any atom is -0.495 e. The molecule has 3 heteroatoms. The van der Waals surface area contributed by atoms with Crippen molar-refractivity contribution in [2.45, 2.75) is 32.6 Å². The van der Waals surface area contributed by atoms with E-state index in [1.807, 2.05) is 18.3 Å². The van der Waals surface area contributed by atoms with Gasteiger partial charge in [-0.2, -0.15) is 0 Å². The maximum atomic E-state index is 11.4. The number of aromatic nitrogens is 1. The van der Waals surface area contributed by atoms with E-state index in [9.17, 15) is 4.79 Å². The highest BCUT2D eigenvalue weighted by atomic mass is 16.5. The molecule has 0 spiro atoms. The summed E-state index contributed by atoms with van der Waals surface area (Å²) < 4.78 is 5.34. The smallest absolute Gasteiger partial charge is 0.142 e. The number of aromatic amines is 1. The molecule has 2 rings (SSSR count). The number of hydrogen-bond donors (Lipinski definition) is 1. The van der Waals surface area contributed by atoms with Gasteiger partial charge in [-0.25, -0.2) is 0 Å². The summed E-state index contributed by atoms with van der Waals surface area (Å²) in [7, 11) is 1.66. The second-order valence-corrected chi connectivity index (χ2v) is 5.35. The van der Waals surface area contributed by atoms with E-state index in [-0.39, 0.29) is 11.2 Å². The molecule has 3 nitrogen and oxygen atoms in total. The Bertz CT molecular complexity index is 581. The fraction of sp³-hybridized carbons (Fsp3) is 0.400. The summed E-state index contributed by atoms with van der Waals surface area (Å²) in [6.45, 7) is 5.82. The van der Waals surface area contributed by atoms with Crippen LogP contribution in [-0.2, 0) is 10.2 Å². The molecule has 1 aromatic carbocycles. The summed E-state index contributed by atoms with van der Waals surface area (Å²) in [6, 6.07) is 5.97. The topological polar surface area (TPSA) is 42.1 Å². The number of H-pyrrole nitrogens is 1. The number of para-hydroxylation sites is 1. The van der Waals surface area contributed by atoms with Gasteiger partial charge in [0, 0.05) is 18.0 Å². The quantitative estimate of drug-likeness (QED) is 0.896. The first-order valence-electron chi connectivity index (χ1n) is 6.09. The third-order valence-electron chi connectivity index (χ3n) is 3.32. The van der Waals surface area contributed by atoms with E-state index in [4.69, 9.17) is 4.74 Å². The number of Topliss-reactive ketones (excluding diaryl/α,β-unsaturated/α-hetero) is 1. The van der Waals surface area contributed by atoms with E-state index in [1.54, 1.807) is 14.0 Å². The minimum absolute atomic E-state index is 0.170. The molecule has 0 aliphatic rings. The molecule has 0 atom stereocenters. The molecule has 0 fully saturated rings. The van der Waals surface area contributed by atoms with Gasteiger partial charge < -0.3 is 9.72 Å². The molecule has 1 aromatic heterocycles. The lowest BCUT2D eigenvalue weighted by Crippen LogP contribution is -2.20. The Morgan fingerprint density at radius 3 is 2.72 bits per heavy atom. The van der Waals surface area contributed by atoms with Gasteiger partial charge in [0.15, 0.2) is 0 Å². The van der Waals surface area contributed by atoms with Crippen molar-refractivity contribution in [2.75, 3.05) is 7.11 Å². The lowest BCUT2D eigenvalue weighted by molar-refractivity contribution is -0.118. The SMILES string of the molecule is COc1cccc2c(C(C)(C)CC(C)=O)c[nH]c12. The molecule has 0 aliphatic carbocycles. The fourth-order valence-corrected chi connectivity index (χ4v) is 2.57. The molecular formula is C15H19NO2. The predicted molar refractivity (Wildman–Crippen MR) is 73.2 cm³/mol. The van der Waals surface area contributed by atoms with Gasteiger partial charge >= 0.3 is 0 Å². The number of rotatable bonds is 4. The van der Waals surface area contributed by atoms with Crippen LogP contribution in [0.1, 0.15) is 32.8 Å². The van der Waals surface area contributed by atoms with Crippen LogP contribution >= 0.6 is 0 Å². The van der Waals surface area contributed by atoms with Gasteiger partial charge in [0.05, 0.1) is 12.6 Å². The Balaban J connectivity index is 2.56. The van der Waals surface area contributed by atoms with E-state index in [0.29, 0.717) is 6.42 Å².